The van der Waals surface area contributed by atoms with Crippen LogP contribution in [-0.4, -0.2) is 40.6 Å². The summed E-state index contributed by atoms with van der Waals surface area (Å²) in [6.45, 7) is 0.805. The molecule has 0 fully saturated rings. The van der Waals surface area contributed by atoms with Crippen molar-refractivity contribution < 1.29 is 19.0 Å². The Hall–Kier alpha value is -2.74. The largest absolute Gasteiger partial charge is 0.465 e. The number of fused-ring (bicyclic) bond motifs is 1. The molecule has 2 aromatic rings. The summed E-state index contributed by atoms with van der Waals surface area (Å²) in [6, 6.07) is 4.37. The maximum atomic E-state index is 13.7. The van der Waals surface area contributed by atoms with Crippen LogP contribution >= 0.6 is 0 Å². The van der Waals surface area contributed by atoms with E-state index in [1.165, 1.54) is 25.6 Å². The molecule has 0 amide bonds. The number of nitrogens with zero attached hydrogens (tertiary/aromatic N) is 3. The van der Waals surface area contributed by atoms with Gasteiger partial charge in [-0.25, -0.2) is 14.2 Å². The molecule has 0 radical (unpaired) electrons. The summed E-state index contributed by atoms with van der Waals surface area (Å²) in [4.78, 5) is 19.8. The van der Waals surface area contributed by atoms with E-state index in [9.17, 15) is 14.3 Å². The minimum absolute atomic E-state index is 0.0832. The Morgan fingerprint density at radius 2 is 2.38 bits per heavy atom. The monoisotopic (exact) mass is 332 g/mol. The van der Waals surface area contributed by atoms with Gasteiger partial charge in [-0.2, -0.15) is 0 Å². The van der Waals surface area contributed by atoms with E-state index >= 15 is 0 Å². The lowest BCUT2D eigenvalue weighted by Gasteiger charge is -2.10. The molecule has 24 heavy (non-hydrogen) atoms. The number of ether oxygens (including phenoxy) is 1. The van der Waals surface area contributed by atoms with E-state index in [2.05, 4.69) is 20.0 Å². The molecule has 0 spiro atoms. The Kier molecular flexibility index (Phi) is 4.57. The van der Waals surface area contributed by atoms with Crippen LogP contribution in [0.4, 0.5) is 10.2 Å². The SMILES string of the molecule is COC(=O)c1cc(CCn2cnc3c2NC=NCC3O)ccc1F. The summed E-state index contributed by atoms with van der Waals surface area (Å²) in [5.41, 5.74) is 1.25. The van der Waals surface area contributed by atoms with Gasteiger partial charge < -0.3 is 19.7 Å². The van der Waals surface area contributed by atoms with E-state index in [0.29, 0.717) is 24.5 Å². The van der Waals surface area contributed by atoms with Gasteiger partial charge in [0.2, 0.25) is 0 Å². The van der Waals surface area contributed by atoms with Gasteiger partial charge in [-0.3, -0.25) is 4.99 Å². The number of esters is 1. The molecule has 1 aromatic carbocycles. The molecule has 1 aliphatic rings. The third-order valence-corrected chi connectivity index (χ3v) is 3.83. The minimum Gasteiger partial charge on any atom is -0.465 e. The molecule has 8 heteroatoms. The number of anilines is 1. The van der Waals surface area contributed by atoms with Crippen LogP contribution in [0.3, 0.4) is 0 Å². The summed E-state index contributed by atoms with van der Waals surface area (Å²) in [5.74, 6) is -0.631. The van der Waals surface area contributed by atoms with Crippen LogP contribution < -0.4 is 5.32 Å². The molecule has 1 unspecified atom stereocenters. The summed E-state index contributed by atoms with van der Waals surface area (Å²) in [5, 5.41) is 13.0. The number of benzene rings is 1. The van der Waals surface area contributed by atoms with Crippen molar-refractivity contribution in [3.63, 3.8) is 0 Å². The highest BCUT2D eigenvalue weighted by Crippen LogP contribution is 2.24. The van der Waals surface area contributed by atoms with Crippen molar-refractivity contribution in [2.24, 2.45) is 4.99 Å². The first-order valence-electron chi connectivity index (χ1n) is 7.45. The molecule has 1 aromatic heterocycles. The highest BCUT2D eigenvalue weighted by Gasteiger charge is 2.20. The zero-order valence-corrected chi connectivity index (χ0v) is 13.1. The summed E-state index contributed by atoms with van der Waals surface area (Å²) in [6.07, 6.45) is 2.97. The number of carbonyl (C=O) groups is 1. The second kappa shape index (κ2) is 6.79. The van der Waals surface area contributed by atoms with Crippen molar-refractivity contribution in [1.82, 2.24) is 9.55 Å². The third kappa shape index (κ3) is 3.13. The van der Waals surface area contributed by atoms with Gasteiger partial charge in [0.15, 0.2) is 0 Å². The number of aromatic nitrogens is 2. The maximum Gasteiger partial charge on any atom is 0.340 e. The molecule has 0 saturated heterocycles. The zero-order chi connectivity index (χ0) is 17.1. The number of aliphatic imine (C=N–C) groups is 1. The van der Waals surface area contributed by atoms with Crippen LogP contribution in [0.25, 0.3) is 0 Å². The summed E-state index contributed by atoms with van der Waals surface area (Å²) in [7, 11) is 1.22. The maximum absolute atomic E-state index is 13.7. The number of nitrogens with one attached hydrogen (secondary N) is 1. The molecular weight excluding hydrogens is 315 g/mol. The van der Waals surface area contributed by atoms with Crippen molar-refractivity contribution in [1.29, 1.82) is 0 Å². The standard InChI is InChI=1S/C16H17FN4O3/c1-24-16(23)11-6-10(2-3-12(11)17)4-5-21-9-20-14-13(22)7-18-8-19-15(14)21/h2-3,6,8-9,13,22H,4-5,7H2,1H3,(H,18,19). The first kappa shape index (κ1) is 16.1. The highest BCUT2D eigenvalue weighted by molar-refractivity contribution is 5.89. The van der Waals surface area contributed by atoms with E-state index in [4.69, 9.17) is 0 Å². The van der Waals surface area contributed by atoms with Gasteiger partial charge in [0.1, 0.15) is 23.4 Å². The predicted molar refractivity (Wildman–Crippen MR) is 85.6 cm³/mol. The number of imidazole rings is 1. The molecule has 126 valence electrons. The Morgan fingerprint density at radius 1 is 1.54 bits per heavy atom. The van der Waals surface area contributed by atoms with E-state index in [1.54, 1.807) is 12.4 Å². The normalized spacial score (nSPS) is 16.2. The van der Waals surface area contributed by atoms with Gasteiger partial charge in [0.25, 0.3) is 0 Å². The van der Waals surface area contributed by atoms with Crippen molar-refractivity contribution in [2.75, 3.05) is 19.0 Å². The number of aryl methyl sites for hydroxylation is 2. The average molecular weight is 332 g/mol. The number of halogens is 1. The van der Waals surface area contributed by atoms with Crippen LogP contribution in [0, 0.1) is 5.82 Å². The Morgan fingerprint density at radius 3 is 3.17 bits per heavy atom. The molecule has 1 atom stereocenters. The molecule has 3 rings (SSSR count). The molecule has 1 aliphatic heterocycles. The van der Waals surface area contributed by atoms with Crippen LogP contribution in [0.1, 0.15) is 27.7 Å². The van der Waals surface area contributed by atoms with E-state index in [-0.39, 0.29) is 12.1 Å². The van der Waals surface area contributed by atoms with Gasteiger partial charge in [0.05, 0.1) is 31.9 Å². The van der Waals surface area contributed by atoms with E-state index in [1.807, 2.05) is 4.57 Å². The Bertz CT molecular complexity index is 788. The molecule has 0 bridgehead atoms. The first-order chi connectivity index (χ1) is 11.6. The lowest BCUT2D eigenvalue weighted by Crippen LogP contribution is -2.09. The number of rotatable bonds is 4. The number of carbonyl (C=O) groups excluding carboxylic acids is 1. The van der Waals surface area contributed by atoms with E-state index in [0.717, 1.165) is 5.56 Å². The van der Waals surface area contributed by atoms with Gasteiger partial charge in [0, 0.05) is 6.54 Å². The minimum atomic E-state index is -0.746. The third-order valence-electron chi connectivity index (χ3n) is 3.83. The van der Waals surface area contributed by atoms with E-state index < -0.39 is 17.9 Å². The Balaban J connectivity index is 1.77. The highest BCUT2D eigenvalue weighted by atomic mass is 19.1. The number of hydrogen-bond acceptors (Lipinski definition) is 6. The number of methoxy groups -OCH3 is 1. The van der Waals surface area contributed by atoms with Gasteiger partial charge in [-0.05, 0) is 24.1 Å². The van der Waals surface area contributed by atoms with Crippen LogP contribution in [0.15, 0.2) is 29.5 Å². The molecule has 2 heterocycles. The average Bonchev–Trinajstić information content (AvgIpc) is 2.90. The van der Waals surface area contributed by atoms with Gasteiger partial charge in [-0.1, -0.05) is 6.07 Å². The smallest absolute Gasteiger partial charge is 0.340 e. The summed E-state index contributed by atoms with van der Waals surface area (Å²) < 4.78 is 20.1. The fourth-order valence-corrected chi connectivity index (χ4v) is 2.56. The van der Waals surface area contributed by atoms with Crippen LogP contribution in [0.5, 0.6) is 0 Å². The predicted octanol–water partition coefficient (Wildman–Crippen LogP) is 1.54. The second-order valence-corrected chi connectivity index (χ2v) is 5.38. The first-order valence-corrected chi connectivity index (χ1v) is 7.45. The summed E-state index contributed by atoms with van der Waals surface area (Å²) >= 11 is 0. The second-order valence-electron chi connectivity index (χ2n) is 5.38. The van der Waals surface area contributed by atoms with Gasteiger partial charge in [-0.15, -0.1) is 0 Å². The molecule has 0 aliphatic carbocycles. The van der Waals surface area contributed by atoms with Crippen LogP contribution in [0.2, 0.25) is 0 Å². The molecular formula is C16H17FN4O3. The van der Waals surface area contributed by atoms with Crippen molar-refractivity contribution >= 4 is 18.1 Å². The fourth-order valence-electron chi connectivity index (χ4n) is 2.56. The molecule has 0 saturated carbocycles. The Labute approximate surface area is 137 Å². The topological polar surface area (TPSA) is 88.7 Å². The van der Waals surface area contributed by atoms with Crippen molar-refractivity contribution in [3.05, 3.63) is 47.2 Å². The van der Waals surface area contributed by atoms with Gasteiger partial charge >= 0.3 is 5.97 Å². The van der Waals surface area contributed by atoms with Crippen molar-refractivity contribution in [3.8, 4) is 0 Å². The lowest BCUT2D eigenvalue weighted by atomic mass is 10.1. The molecule has 2 N–H and O–H groups in total. The number of aliphatic hydroxyl groups excluding tert-OH is 1. The quantitative estimate of drug-likeness (QED) is 0.829. The van der Waals surface area contributed by atoms with Crippen molar-refractivity contribution in [2.45, 2.75) is 19.1 Å². The lowest BCUT2D eigenvalue weighted by molar-refractivity contribution is 0.0595. The van der Waals surface area contributed by atoms with Crippen LogP contribution in [-0.2, 0) is 17.7 Å². The number of hydrogen-bond donors (Lipinski definition) is 2. The number of aliphatic hydroxyl groups is 1. The fraction of sp³-hybridized carbons (Fsp3) is 0.312. The molecule has 7 nitrogen and oxygen atoms in total. The zero-order valence-electron chi connectivity index (χ0n) is 13.1.